The van der Waals surface area contributed by atoms with Crippen LogP contribution in [0.1, 0.15) is 11.4 Å². The van der Waals surface area contributed by atoms with Gasteiger partial charge in [-0.15, -0.1) is 0 Å². The number of aromatic amines is 1. The third kappa shape index (κ3) is 3.45. The minimum atomic E-state index is -4.16. The van der Waals surface area contributed by atoms with E-state index in [4.69, 9.17) is 0 Å². The molecule has 1 rings (SSSR count). The van der Waals surface area contributed by atoms with Gasteiger partial charge in [-0.05, 0) is 6.92 Å². The maximum absolute atomic E-state index is 11.7. The number of nitrogens with one attached hydrogen (secondary N) is 2. The highest BCUT2D eigenvalue weighted by molar-refractivity contribution is 5.07. The fraction of sp³-hybridized carbons (Fsp3) is 0.571. The Morgan fingerprint density at radius 3 is 2.69 bits per heavy atom. The smallest absolute Gasteiger partial charge is 0.348 e. The van der Waals surface area contributed by atoms with E-state index in [0.717, 1.165) is 5.69 Å². The van der Waals surface area contributed by atoms with Crippen LogP contribution in [-0.2, 0) is 6.54 Å². The fourth-order valence-electron chi connectivity index (χ4n) is 0.888. The molecule has 13 heavy (non-hydrogen) atoms. The van der Waals surface area contributed by atoms with Crippen LogP contribution in [0.25, 0.3) is 0 Å². The van der Waals surface area contributed by atoms with E-state index < -0.39 is 12.7 Å². The third-order valence-corrected chi connectivity index (χ3v) is 1.55. The SMILES string of the molecule is Cc1[nH]cnc1CNCC(F)(F)F. The van der Waals surface area contributed by atoms with Crippen LogP contribution in [0.3, 0.4) is 0 Å². The van der Waals surface area contributed by atoms with Gasteiger partial charge >= 0.3 is 6.18 Å². The molecule has 0 saturated heterocycles. The summed E-state index contributed by atoms with van der Waals surface area (Å²) in [6.45, 7) is 0.908. The molecule has 3 nitrogen and oxygen atoms in total. The standard InChI is InChI=1S/C7H10F3N3/c1-5-6(13-4-12-5)2-11-3-7(8,9)10/h4,11H,2-3H2,1H3,(H,12,13). The van der Waals surface area contributed by atoms with Crippen molar-refractivity contribution in [1.29, 1.82) is 0 Å². The van der Waals surface area contributed by atoms with Crippen molar-refractivity contribution in [3.8, 4) is 0 Å². The summed E-state index contributed by atoms with van der Waals surface area (Å²) in [5, 5.41) is 2.26. The topological polar surface area (TPSA) is 40.7 Å². The summed E-state index contributed by atoms with van der Waals surface area (Å²) in [5.41, 5.74) is 1.40. The Kier molecular flexibility index (Phi) is 2.92. The highest BCUT2D eigenvalue weighted by Crippen LogP contribution is 2.12. The molecule has 0 fully saturated rings. The molecule has 1 aromatic rings. The molecule has 0 amide bonds. The molecule has 0 spiro atoms. The van der Waals surface area contributed by atoms with Gasteiger partial charge in [-0.3, -0.25) is 0 Å². The first-order valence-electron chi connectivity index (χ1n) is 3.75. The lowest BCUT2D eigenvalue weighted by molar-refractivity contribution is -0.125. The van der Waals surface area contributed by atoms with E-state index in [0.29, 0.717) is 5.69 Å². The van der Waals surface area contributed by atoms with Crippen molar-refractivity contribution in [3.63, 3.8) is 0 Å². The first-order chi connectivity index (χ1) is 5.99. The maximum atomic E-state index is 11.7. The molecular formula is C7H10F3N3. The van der Waals surface area contributed by atoms with Gasteiger partial charge in [0, 0.05) is 12.2 Å². The van der Waals surface area contributed by atoms with Gasteiger partial charge in [0.15, 0.2) is 0 Å². The number of H-pyrrole nitrogens is 1. The first-order valence-corrected chi connectivity index (χ1v) is 3.75. The molecule has 74 valence electrons. The van der Waals surface area contributed by atoms with Crippen LogP contribution in [0.5, 0.6) is 0 Å². The summed E-state index contributed by atoms with van der Waals surface area (Å²) in [4.78, 5) is 6.63. The fourth-order valence-corrected chi connectivity index (χ4v) is 0.888. The Hall–Kier alpha value is -1.04. The molecule has 0 aromatic carbocycles. The second-order valence-electron chi connectivity index (χ2n) is 2.69. The number of aromatic nitrogens is 2. The van der Waals surface area contributed by atoms with E-state index in [2.05, 4.69) is 15.3 Å². The van der Waals surface area contributed by atoms with E-state index in [1.54, 1.807) is 6.92 Å². The molecule has 0 aliphatic rings. The lowest BCUT2D eigenvalue weighted by atomic mass is 10.3. The molecule has 0 unspecified atom stereocenters. The van der Waals surface area contributed by atoms with Crippen molar-refractivity contribution in [3.05, 3.63) is 17.7 Å². The Labute approximate surface area is 73.4 Å². The molecule has 0 atom stereocenters. The highest BCUT2D eigenvalue weighted by Gasteiger charge is 2.26. The number of aryl methyl sites for hydroxylation is 1. The minimum absolute atomic E-state index is 0.134. The summed E-state index contributed by atoms with van der Waals surface area (Å²) < 4.78 is 35.1. The number of alkyl halides is 3. The molecule has 0 aliphatic heterocycles. The van der Waals surface area contributed by atoms with Gasteiger partial charge in [-0.25, -0.2) is 4.98 Å². The first kappa shape index (κ1) is 10.0. The van der Waals surface area contributed by atoms with Crippen molar-refractivity contribution >= 4 is 0 Å². The highest BCUT2D eigenvalue weighted by atomic mass is 19.4. The zero-order chi connectivity index (χ0) is 9.90. The zero-order valence-electron chi connectivity index (χ0n) is 7.07. The number of imidazole rings is 1. The number of hydrogen-bond donors (Lipinski definition) is 2. The van der Waals surface area contributed by atoms with Crippen molar-refractivity contribution < 1.29 is 13.2 Å². The van der Waals surface area contributed by atoms with E-state index >= 15 is 0 Å². The average molecular weight is 193 g/mol. The molecule has 2 N–H and O–H groups in total. The van der Waals surface area contributed by atoms with Gasteiger partial charge in [0.1, 0.15) is 0 Å². The van der Waals surface area contributed by atoms with Crippen LogP contribution in [0.2, 0.25) is 0 Å². The van der Waals surface area contributed by atoms with Gasteiger partial charge in [0.2, 0.25) is 0 Å². The average Bonchev–Trinajstić information content (AvgIpc) is 2.34. The van der Waals surface area contributed by atoms with Crippen molar-refractivity contribution in [1.82, 2.24) is 15.3 Å². The molecule has 1 aromatic heterocycles. The van der Waals surface area contributed by atoms with Crippen LogP contribution >= 0.6 is 0 Å². The van der Waals surface area contributed by atoms with Crippen LogP contribution in [0.4, 0.5) is 13.2 Å². The van der Waals surface area contributed by atoms with E-state index in [9.17, 15) is 13.2 Å². The van der Waals surface area contributed by atoms with Crippen LogP contribution < -0.4 is 5.32 Å². The molecule has 1 heterocycles. The van der Waals surface area contributed by atoms with E-state index in [-0.39, 0.29) is 6.54 Å². The quantitative estimate of drug-likeness (QED) is 0.761. The van der Waals surface area contributed by atoms with E-state index in [1.807, 2.05) is 0 Å². The summed E-state index contributed by atoms with van der Waals surface area (Å²) >= 11 is 0. The second-order valence-corrected chi connectivity index (χ2v) is 2.69. The summed E-state index contributed by atoms with van der Waals surface area (Å²) in [7, 11) is 0. The number of rotatable bonds is 3. The van der Waals surface area contributed by atoms with Crippen LogP contribution in [-0.4, -0.2) is 22.7 Å². The number of hydrogen-bond acceptors (Lipinski definition) is 2. The van der Waals surface area contributed by atoms with Gasteiger partial charge in [0.25, 0.3) is 0 Å². The number of nitrogens with zero attached hydrogens (tertiary/aromatic N) is 1. The zero-order valence-corrected chi connectivity index (χ0v) is 7.07. The third-order valence-electron chi connectivity index (χ3n) is 1.55. The van der Waals surface area contributed by atoms with Crippen LogP contribution in [0.15, 0.2) is 6.33 Å². The maximum Gasteiger partial charge on any atom is 0.401 e. The van der Waals surface area contributed by atoms with Crippen molar-refractivity contribution in [2.24, 2.45) is 0 Å². The lowest BCUT2D eigenvalue weighted by Gasteiger charge is -2.06. The Bertz CT molecular complexity index is 266. The monoisotopic (exact) mass is 193 g/mol. The Morgan fingerprint density at radius 2 is 2.23 bits per heavy atom. The van der Waals surface area contributed by atoms with Crippen molar-refractivity contribution in [2.75, 3.05) is 6.54 Å². The van der Waals surface area contributed by atoms with Gasteiger partial charge in [0.05, 0.1) is 18.6 Å². The summed E-state index contributed by atoms with van der Waals surface area (Å²) in [5.74, 6) is 0. The van der Waals surface area contributed by atoms with Gasteiger partial charge in [-0.1, -0.05) is 0 Å². The minimum Gasteiger partial charge on any atom is -0.348 e. The van der Waals surface area contributed by atoms with Crippen molar-refractivity contribution in [2.45, 2.75) is 19.6 Å². The Balaban J connectivity index is 2.32. The molecule has 0 saturated carbocycles. The lowest BCUT2D eigenvalue weighted by Crippen LogP contribution is -2.28. The molecule has 6 heteroatoms. The largest absolute Gasteiger partial charge is 0.401 e. The molecular weight excluding hydrogens is 183 g/mol. The van der Waals surface area contributed by atoms with E-state index in [1.165, 1.54) is 6.33 Å². The summed E-state index contributed by atoms with van der Waals surface area (Å²) in [6.07, 6.45) is -2.70. The molecule has 0 radical (unpaired) electrons. The summed E-state index contributed by atoms with van der Waals surface area (Å²) in [6, 6.07) is 0. The Morgan fingerprint density at radius 1 is 1.54 bits per heavy atom. The van der Waals surface area contributed by atoms with Gasteiger partial charge < -0.3 is 10.3 Å². The molecule has 0 bridgehead atoms. The molecule has 0 aliphatic carbocycles. The van der Waals surface area contributed by atoms with Gasteiger partial charge in [-0.2, -0.15) is 13.2 Å². The second kappa shape index (κ2) is 3.78. The normalized spacial score (nSPS) is 12.0. The number of halogens is 3. The van der Waals surface area contributed by atoms with Crippen LogP contribution in [0, 0.1) is 6.92 Å². The predicted octanol–water partition coefficient (Wildman–Crippen LogP) is 1.37. The predicted molar refractivity (Wildman–Crippen MR) is 41.1 cm³/mol.